The van der Waals surface area contributed by atoms with E-state index < -0.39 is 14.9 Å². The zero-order valence-electron chi connectivity index (χ0n) is 12.6. The van der Waals surface area contributed by atoms with Crippen molar-refractivity contribution in [1.29, 1.82) is 0 Å². The van der Waals surface area contributed by atoms with Crippen molar-refractivity contribution in [3.63, 3.8) is 0 Å². The third kappa shape index (κ3) is 5.43. The molecule has 0 bridgehead atoms. The van der Waals surface area contributed by atoms with E-state index in [1.54, 1.807) is 12.1 Å². The van der Waals surface area contributed by atoms with Crippen molar-refractivity contribution in [1.82, 2.24) is 0 Å². The first-order valence-corrected chi connectivity index (χ1v) is 7.64. The molecule has 2 rings (SSSR count). The van der Waals surface area contributed by atoms with E-state index in [1.807, 2.05) is 6.92 Å². The topological polar surface area (TPSA) is 104 Å². The Morgan fingerprint density at radius 2 is 1.65 bits per heavy atom. The molecule has 0 aromatic heterocycles. The second-order valence-electron chi connectivity index (χ2n) is 4.46. The molecule has 2 aromatic rings. The SMILES string of the molecule is Cc1ccc(S(=O)(=O)[N-]N=Cc2ccc([N+](=O)[O-])cc2)cc1.[Na+]. The smallest absolute Gasteiger partial charge is 0.491 e. The summed E-state index contributed by atoms with van der Waals surface area (Å²) in [5, 5.41) is 14.0. The molecule has 0 N–H and O–H groups in total. The maximum atomic E-state index is 11.9. The number of nitro groups is 1. The molecule has 0 aliphatic carbocycles. The average Bonchev–Trinajstić information content (AvgIpc) is 2.48. The number of hydrogen-bond donors (Lipinski definition) is 0. The summed E-state index contributed by atoms with van der Waals surface area (Å²) in [4.78, 5) is 13.4. The van der Waals surface area contributed by atoms with E-state index in [1.165, 1.54) is 42.6 Å². The van der Waals surface area contributed by atoms with Crippen LogP contribution in [0, 0.1) is 17.0 Å². The zero-order chi connectivity index (χ0) is 16.2. The van der Waals surface area contributed by atoms with Crippen molar-refractivity contribution < 1.29 is 42.9 Å². The van der Waals surface area contributed by atoms with E-state index in [2.05, 4.69) is 9.93 Å². The summed E-state index contributed by atoms with van der Waals surface area (Å²) in [5.41, 5.74) is 1.39. The number of nitro benzene ring substituents is 1. The number of hydrogen-bond acceptors (Lipinski definition) is 5. The van der Waals surface area contributed by atoms with Crippen LogP contribution in [0.15, 0.2) is 58.5 Å². The average molecular weight is 341 g/mol. The number of sulfonamides is 1. The van der Waals surface area contributed by atoms with Crippen LogP contribution in [0.3, 0.4) is 0 Å². The second-order valence-corrected chi connectivity index (χ2v) is 6.05. The van der Waals surface area contributed by atoms with Crippen LogP contribution < -0.4 is 29.6 Å². The Labute approximate surface area is 155 Å². The summed E-state index contributed by atoms with van der Waals surface area (Å²) < 4.78 is 23.8. The normalized spacial score (nSPS) is 11.0. The first-order chi connectivity index (χ1) is 10.4. The molecule has 0 fully saturated rings. The van der Waals surface area contributed by atoms with Gasteiger partial charge in [-0.2, -0.15) is 0 Å². The van der Waals surface area contributed by atoms with Gasteiger partial charge in [0.25, 0.3) is 5.69 Å². The minimum Gasteiger partial charge on any atom is -0.491 e. The maximum Gasteiger partial charge on any atom is 1.00 e. The van der Waals surface area contributed by atoms with E-state index in [0.29, 0.717) is 5.56 Å². The molecule has 0 unspecified atom stereocenters. The van der Waals surface area contributed by atoms with E-state index >= 15 is 0 Å². The quantitative estimate of drug-likeness (QED) is 0.330. The van der Waals surface area contributed by atoms with Gasteiger partial charge in [-0.15, -0.1) is 0 Å². The first kappa shape index (κ1) is 19.3. The van der Waals surface area contributed by atoms with Gasteiger partial charge in [0.2, 0.25) is 0 Å². The number of aryl methyl sites for hydroxylation is 1. The van der Waals surface area contributed by atoms with Crippen molar-refractivity contribution in [2.75, 3.05) is 0 Å². The van der Waals surface area contributed by atoms with Crippen LogP contribution in [0.5, 0.6) is 0 Å². The van der Waals surface area contributed by atoms with E-state index in [0.717, 1.165) is 5.56 Å². The molecule has 0 aliphatic heterocycles. The monoisotopic (exact) mass is 341 g/mol. The fraction of sp³-hybridized carbons (Fsp3) is 0.0714. The Balaban J connectivity index is 0.00000264. The molecule has 23 heavy (non-hydrogen) atoms. The molecular weight excluding hydrogens is 329 g/mol. The molecule has 0 aliphatic rings. The zero-order valence-corrected chi connectivity index (χ0v) is 15.4. The van der Waals surface area contributed by atoms with E-state index in [9.17, 15) is 18.5 Å². The van der Waals surface area contributed by atoms with Gasteiger partial charge < -0.3 is 9.93 Å². The van der Waals surface area contributed by atoms with Crippen LogP contribution in [0.1, 0.15) is 11.1 Å². The van der Waals surface area contributed by atoms with Crippen LogP contribution in [-0.4, -0.2) is 19.6 Å². The fourth-order valence-corrected chi connectivity index (χ4v) is 2.34. The Morgan fingerprint density at radius 1 is 1.09 bits per heavy atom. The van der Waals surface area contributed by atoms with Gasteiger partial charge in [-0.25, -0.2) is 8.42 Å². The number of rotatable bonds is 5. The summed E-state index contributed by atoms with van der Waals surface area (Å²) >= 11 is 0. The molecule has 0 amide bonds. The van der Waals surface area contributed by atoms with Crippen LogP contribution in [0.25, 0.3) is 4.83 Å². The Morgan fingerprint density at radius 3 is 2.17 bits per heavy atom. The maximum absolute atomic E-state index is 11.9. The number of nitrogens with zero attached hydrogens (tertiary/aromatic N) is 3. The van der Waals surface area contributed by atoms with Gasteiger partial charge in [-0.05, 0) is 36.8 Å². The number of benzene rings is 2. The van der Waals surface area contributed by atoms with Gasteiger partial charge >= 0.3 is 29.6 Å². The van der Waals surface area contributed by atoms with Crippen LogP contribution in [-0.2, 0) is 10.0 Å². The van der Waals surface area contributed by atoms with Gasteiger partial charge in [0.15, 0.2) is 0 Å². The van der Waals surface area contributed by atoms with Crippen LogP contribution >= 0.6 is 0 Å². The van der Waals surface area contributed by atoms with Crippen molar-refractivity contribution in [2.45, 2.75) is 11.8 Å². The standard InChI is InChI=1S/C14H12N3O4S.Na/c1-11-2-8-14(9-3-11)22(20,21)16-15-10-12-4-6-13(7-5-12)17(18)19;/h2-10H,1H3;/q-1;+1. The minimum atomic E-state index is -3.85. The van der Waals surface area contributed by atoms with Crippen LogP contribution in [0.4, 0.5) is 5.69 Å². The van der Waals surface area contributed by atoms with E-state index in [-0.39, 0.29) is 40.1 Å². The van der Waals surface area contributed by atoms with Gasteiger partial charge in [0, 0.05) is 18.3 Å². The molecule has 0 atom stereocenters. The molecule has 0 saturated heterocycles. The first-order valence-electron chi connectivity index (χ1n) is 6.20. The molecule has 0 radical (unpaired) electrons. The summed E-state index contributed by atoms with van der Waals surface area (Å²) in [6.07, 6.45) is 1.22. The van der Waals surface area contributed by atoms with Crippen molar-refractivity contribution in [3.05, 3.63) is 74.6 Å². The molecule has 114 valence electrons. The van der Waals surface area contributed by atoms with Crippen LogP contribution in [0.2, 0.25) is 0 Å². The van der Waals surface area contributed by atoms with Crippen molar-refractivity contribution in [2.24, 2.45) is 5.10 Å². The molecule has 0 heterocycles. The molecular formula is C14H12N3NaO4S. The largest absolute Gasteiger partial charge is 1.00 e. The summed E-state index contributed by atoms with van der Waals surface area (Å²) in [6.45, 7) is 1.85. The molecule has 0 spiro atoms. The predicted molar refractivity (Wildman–Crippen MR) is 82.4 cm³/mol. The predicted octanol–water partition coefficient (Wildman–Crippen LogP) is 0.00372. The van der Waals surface area contributed by atoms with E-state index in [4.69, 9.17) is 0 Å². The van der Waals surface area contributed by atoms with Crippen molar-refractivity contribution in [3.8, 4) is 0 Å². The molecule has 9 heteroatoms. The Kier molecular flexibility index (Phi) is 6.89. The van der Waals surface area contributed by atoms with Gasteiger partial charge in [-0.3, -0.25) is 10.1 Å². The Bertz CT molecular complexity index is 803. The van der Waals surface area contributed by atoms with Gasteiger partial charge in [0.05, 0.1) is 9.82 Å². The fourth-order valence-electron chi connectivity index (χ4n) is 1.59. The number of non-ortho nitro benzene ring substituents is 1. The third-order valence-corrected chi connectivity index (χ3v) is 3.96. The van der Waals surface area contributed by atoms with Gasteiger partial charge in [-0.1, -0.05) is 17.7 Å². The summed E-state index contributed by atoms with van der Waals surface area (Å²) in [5.74, 6) is 0. The molecule has 7 nitrogen and oxygen atoms in total. The minimum absolute atomic E-state index is 0. The van der Waals surface area contributed by atoms with Gasteiger partial charge in [0.1, 0.15) is 10.0 Å². The van der Waals surface area contributed by atoms with Crippen molar-refractivity contribution >= 4 is 21.9 Å². The molecule has 2 aromatic carbocycles. The Hall–Kier alpha value is -1.74. The third-order valence-electron chi connectivity index (χ3n) is 2.78. The molecule has 0 saturated carbocycles. The second kappa shape index (κ2) is 8.21. The summed E-state index contributed by atoms with van der Waals surface area (Å²) in [7, 11) is -3.85. The summed E-state index contributed by atoms with van der Waals surface area (Å²) in [6, 6.07) is 11.8.